The maximum absolute atomic E-state index is 13.4. The van der Waals surface area contributed by atoms with E-state index < -0.39 is 5.25 Å². The molecule has 3 rings (SSSR count). The zero-order chi connectivity index (χ0) is 22.4. The molecule has 0 spiro atoms. The van der Waals surface area contributed by atoms with Crippen LogP contribution in [-0.2, 0) is 16.1 Å². The molecule has 0 bridgehead atoms. The molecule has 8 heteroatoms. The molecule has 0 radical (unpaired) electrons. The Morgan fingerprint density at radius 1 is 1.19 bits per heavy atom. The summed E-state index contributed by atoms with van der Waals surface area (Å²) in [5.74, 6) is -0.0140. The minimum atomic E-state index is -0.529. The van der Waals surface area contributed by atoms with Gasteiger partial charge in [-0.15, -0.1) is 0 Å². The third-order valence-electron chi connectivity index (χ3n) is 5.03. The number of hydrogen-bond donors (Lipinski definition) is 0. The van der Waals surface area contributed by atoms with Crippen LogP contribution in [0.15, 0.2) is 58.5 Å². The number of aromatic nitrogens is 2. The van der Waals surface area contributed by atoms with E-state index in [1.54, 1.807) is 34.8 Å². The fraction of sp³-hybridized carbons (Fsp3) is 0.348. The zero-order valence-corrected chi connectivity index (χ0v) is 19.4. The second-order valence-electron chi connectivity index (χ2n) is 6.92. The summed E-state index contributed by atoms with van der Waals surface area (Å²) in [6.45, 7) is 5.82. The zero-order valence-electron chi connectivity index (χ0n) is 17.9. The van der Waals surface area contributed by atoms with Crippen molar-refractivity contribution in [2.45, 2.75) is 30.8 Å². The first-order chi connectivity index (χ1) is 15.0. The molecule has 1 amide bonds. The van der Waals surface area contributed by atoms with Gasteiger partial charge in [-0.05, 0) is 37.6 Å². The number of nitrogens with zero attached hydrogens (tertiary/aromatic N) is 3. The molecular formula is C23H26ClN3O3S. The van der Waals surface area contributed by atoms with Crippen molar-refractivity contribution in [2.75, 3.05) is 26.8 Å². The standard InChI is InChI=1S/C23H26ClN3O3S/c1-4-26(5-2)22(29)20(16-9-7-6-8-10-16)31-23-25-19-15-17(24)11-12-18(19)21(28)27(23)13-14-30-3/h6-12,15,20H,4-5,13-14H2,1-3H3. The number of carbonyl (C=O) groups is 1. The lowest BCUT2D eigenvalue weighted by molar-refractivity contribution is -0.130. The van der Waals surface area contributed by atoms with E-state index in [2.05, 4.69) is 0 Å². The third-order valence-corrected chi connectivity index (χ3v) is 6.49. The van der Waals surface area contributed by atoms with Crippen LogP contribution in [0.25, 0.3) is 10.9 Å². The molecule has 0 aliphatic carbocycles. The van der Waals surface area contributed by atoms with E-state index in [-0.39, 0.29) is 11.5 Å². The SMILES string of the molecule is CCN(CC)C(=O)C(Sc1nc2cc(Cl)ccc2c(=O)n1CCOC)c1ccccc1. The largest absolute Gasteiger partial charge is 0.383 e. The molecule has 0 aliphatic rings. The van der Waals surface area contributed by atoms with Gasteiger partial charge in [-0.1, -0.05) is 53.7 Å². The minimum absolute atomic E-state index is 0.0140. The Morgan fingerprint density at radius 2 is 1.90 bits per heavy atom. The topological polar surface area (TPSA) is 64.4 Å². The van der Waals surface area contributed by atoms with E-state index in [1.807, 2.05) is 44.2 Å². The lowest BCUT2D eigenvalue weighted by atomic mass is 10.1. The molecule has 0 saturated carbocycles. The average Bonchev–Trinajstić information content (AvgIpc) is 2.78. The number of halogens is 1. The number of carbonyl (C=O) groups excluding carboxylic acids is 1. The summed E-state index contributed by atoms with van der Waals surface area (Å²) in [6.07, 6.45) is 0. The molecule has 0 saturated heterocycles. The molecule has 1 atom stereocenters. The van der Waals surface area contributed by atoms with Gasteiger partial charge in [0.2, 0.25) is 5.91 Å². The van der Waals surface area contributed by atoms with Crippen LogP contribution < -0.4 is 5.56 Å². The summed E-state index contributed by atoms with van der Waals surface area (Å²) in [5.41, 5.74) is 1.20. The van der Waals surface area contributed by atoms with E-state index in [0.717, 1.165) is 5.56 Å². The first-order valence-corrected chi connectivity index (χ1v) is 11.4. The van der Waals surface area contributed by atoms with Crippen molar-refractivity contribution in [1.29, 1.82) is 0 Å². The predicted molar refractivity (Wildman–Crippen MR) is 126 cm³/mol. The molecule has 1 heterocycles. The van der Waals surface area contributed by atoms with Crippen molar-refractivity contribution in [2.24, 2.45) is 0 Å². The van der Waals surface area contributed by atoms with E-state index >= 15 is 0 Å². The lowest BCUT2D eigenvalue weighted by Gasteiger charge is -2.25. The van der Waals surface area contributed by atoms with Crippen molar-refractivity contribution < 1.29 is 9.53 Å². The van der Waals surface area contributed by atoms with Crippen LogP contribution >= 0.6 is 23.4 Å². The van der Waals surface area contributed by atoms with Crippen LogP contribution in [0.1, 0.15) is 24.7 Å². The molecule has 1 aromatic heterocycles. The second-order valence-corrected chi connectivity index (χ2v) is 8.43. The summed E-state index contributed by atoms with van der Waals surface area (Å²) in [7, 11) is 1.59. The van der Waals surface area contributed by atoms with E-state index in [1.165, 1.54) is 11.8 Å². The Hall–Kier alpha value is -2.35. The normalized spacial score (nSPS) is 12.1. The van der Waals surface area contributed by atoms with Crippen molar-refractivity contribution in [3.05, 3.63) is 69.5 Å². The molecule has 0 fully saturated rings. The minimum Gasteiger partial charge on any atom is -0.383 e. The highest BCUT2D eigenvalue weighted by Crippen LogP contribution is 2.36. The van der Waals surface area contributed by atoms with E-state index in [9.17, 15) is 9.59 Å². The number of methoxy groups -OCH3 is 1. The molecular weight excluding hydrogens is 434 g/mol. The van der Waals surface area contributed by atoms with Crippen LogP contribution in [0.2, 0.25) is 5.02 Å². The van der Waals surface area contributed by atoms with Gasteiger partial charge in [-0.25, -0.2) is 4.98 Å². The maximum Gasteiger partial charge on any atom is 0.262 e. The summed E-state index contributed by atoms with van der Waals surface area (Å²) in [6, 6.07) is 14.6. The summed E-state index contributed by atoms with van der Waals surface area (Å²) in [5, 5.41) is 0.921. The van der Waals surface area contributed by atoms with Crippen molar-refractivity contribution in [3.8, 4) is 0 Å². The van der Waals surface area contributed by atoms with E-state index in [4.69, 9.17) is 21.3 Å². The molecule has 1 unspecified atom stereocenters. The smallest absolute Gasteiger partial charge is 0.262 e. The molecule has 164 valence electrons. The number of rotatable bonds is 9. The fourth-order valence-electron chi connectivity index (χ4n) is 3.34. The molecule has 0 aliphatic heterocycles. The fourth-order valence-corrected chi connectivity index (χ4v) is 4.71. The Labute approximate surface area is 191 Å². The van der Waals surface area contributed by atoms with Crippen LogP contribution in [0.5, 0.6) is 0 Å². The quantitative estimate of drug-likeness (QED) is 0.350. The molecule has 2 aromatic carbocycles. The number of likely N-dealkylation sites (N-methyl/N-ethyl adjacent to an activating group) is 1. The highest BCUT2D eigenvalue weighted by Gasteiger charge is 2.28. The number of thioether (sulfide) groups is 1. The maximum atomic E-state index is 13.4. The van der Waals surface area contributed by atoms with Gasteiger partial charge in [-0.3, -0.25) is 14.2 Å². The van der Waals surface area contributed by atoms with Crippen molar-refractivity contribution in [3.63, 3.8) is 0 Å². The number of benzene rings is 2. The second kappa shape index (κ2) is 10.8. The average molecular weight is 460 g/mol. The van der Waals surface area contributed by atoms with Crippen LogP contribution in [0.4, 0.5) is 0 Å². The predicted octanol–water partition coefficient (Wildman–Crippen LogP) is 4.40. The van der Waals surface area contributed by atoms with Gasteiger partial charge in [0.25, 0.3) is 5.56 Å². The van der Waals surface area contributed by atoms with Crippen molar-refractivity contribution in [1.82, 2.24) is 14.5 Å². The summed E-state index contributed by atoms with van der Waals surface area (Å²) < 4.78 is 6.78. The Kier molecular flexibility index (Phi) is 8.12. The van der Waals surface area contributed by atoms with Crippen LogP contribution in [0, 0.1) is 0 Å². The Bertz CT molecular complexity index is 1100. The van der Waals surface area contributed by atoms with Gasteiger partial charge in [-0.2, -0.15) is 0 Å². The highest BCUT2D eigenvalue weighted by atomic mass is 35.5. The van der Waals surface area contributed by atoms with Crippen LogP contribution in [-0.4, -0.2) is 47.2 Å². The van der Waals surface area contributed by atoms with Gasteiger partial charge in [0, 0.05) is 25.2 Å². The first-order valence-electron chi connectivity index (χ1n) is 10.2. The number of ether oxygens (including phenoxy) is 1. The van der Waals surface area contributed by atoms with Gasteiger partial charge >= 0.3 is 0 Å². The molecule has 31 heavy (non-hydrogen) atoms. The van der Waals surface area contributed by atoms with Gasteiger partial charge in [0.05, 0.1) is 24.1 Å². The van der Waals surface area contributed by atoms with E-state index in [0.29, 0.717) is 47.3 Å². The number of hydrogen-bond acceptors (Lipinski definition) is 5. The third kappa shape index (κ3) is 5.29. The van der Waals surface area contributed by atoms with Crippen molar-refractivity contribution >= 4 is 40.2 Å². The van der Waals surface area contributed by atoms with Crippen LogP contribution in [0.3, 0.4) is 0 Å². The lowest BCUT2D eigenvalue weighted by Crippen LogP contribution is -2.34. The molecule has 3 aromatic rings. The molecule has 6 nitrogen and oxygen atoms in total. The summed E-state index contributed by atoms with van der Waals surface area (Å²) >= 11 is 7.42. The number of fused-ring (bicyclic) bond motifs is 1. The molecule has 0 N–H and O–H groups in total. The first kappa shape index (κ1) is 23.3. The highest BCUT2D eigenvalue weighted by molar-refractivity contribution is 8.00. The van der Waals surface area contributed by atoms with Gasteiger partial charge in [0.15, 0.2) is 5.16 Å². The van der Waals surface area contributed by atoms with Gasteiger partial charge in [0.1, 0.15) is 5.25 Å². The summed E-state index contributed by atoms with van der Waals surface area (Å²) in [4.78, 5) is 33.1. The monoisotopic (exact) mass is 459 g/mol. The Balaban J connectivity index is 2.14. The number of amides is 1. The van der Waals surface area contributed by atoms with Gasteiger partial charge < -0.3 is 9.64 Å². The Morgan fingerprint density at radius 3 is 2.55 bits per heavy atom.